The minimum atomic E-state index is -3.38. The van der Waals surface area contributed by atoms with E-state index in [1.54, 1.807) is 7.05 Å². The molecule has 0 spiro atoms. The van der Waals surface area contributed by atoms with Crippen LogP contribution in [0.5, 0.6) is 0 Å². The van der Waals surface area contributed by atoms with E-state index in [0.29, 0.717) is 11.4 Å². The summed E-state index contributed by atoms with van der Waals surface area (Å²) < 4.78 is 26.2. The molecule has 1 aromatic rings. The quantitative estimate of drug-likeness (QED) is 0.756. The van der Waals surface area contributed by atoms with Crippen LogP contribution in [0.15, 0.2) is 10.3 Å². The Morgan fingerprint density at radius 2 is 2.12 bits per heavy atom. The second-order valence-corrected chi connectivity index (χ2v) is 7.20. The molecule has 17 heavy (non-hydrogen) atoms. The second-order valence-electron chi connectivity index (χ2n) is 3.98. The summed E-state index contributed by atoms with van der Waals surface area (Å²) in [7, 11) is -1.76. The third-order valence-corrected chi connectivity index (χ3v) is 6.35. The van der Waals surface area contributed by atoms with Crippen molar-refractivity contribution in [3.8, 4) is 0 Å². The van der Waals surface area contributed by atoms with Gasteiger partial charge >= 0.3 is 0 Å². The van der Waals surface area contributed by atoms with E-state index in [4.69, 9.17) is 11.6 Å². The molecule has 1 rings (SSSR count). The molecular formula is C11H18ClNO2S2. The molecule has 0 radical (unpaired) electrons. The Bertz CT molecular complexity index is 468. The van der Waals surface area contributed by atoms with Crippen molar-refractivity contribution in [3.63, 3.8) is 0 Å². The molecule has 6 heteroatoms. The summed E-state index contributed by atoms with van der Waals surface area (Å²) in [5.74, 6) is 0.245. The zero-order valence-electron chi connectivity index (χ0n) is 10.4. The van der Waals surface area contributed by atoms with Gasteiger partial charge in [0.05, 0.1) is 5.88 Å². The number of halogens is 1. The van der Waals surface area contributed by atoms with E-state index in [1.807, 2.05) is 19.2 Å². The molecule has 0 N–H and O–H groups in total. The molecule has 0 saturated carbocycles. The molecule has 0 fully saturated rings. The highest BCUT2D eigenvalue weighted by atomic mass is 35.5. The van der Waals surface area contributed by atoms with Crippen molar-refractivity contribution < 1.29 is 8.42 Å². The predicted molar refractivity (Wildman–Crippen MR) is 73.3 cm³/mol. The number of alkyl halides is 1. The maximum atomic E-state index is 12.4. The number of aryl methyl sites for hydroxylation is 1. The highest BCUT2D eigenvalue weighted by Crippen LogP contribution is 2.30. The van der Waals surface area contributed by atoms with Crippen LogP contribution >= 0.6 is 22.9 Å². The summed E-state index contributed by atoms with van der Waals surface area (Å²) in [6, 6.07) is 0. The zero-order chi connectivity index (χ0) is 13.1. The van der Waals surface area contributed by atoms with E-state index in [0.717, 1.165) is 23.3 Å². The maximum absolute atomic E-state index is 12.4. The summed E-state index contributed by atoms with van der Waals surface area (Å²) in [6.45, 7) is 4.41. The van der Waals surface area contributed by atoms with Crippen LogP contribution < -0.4 is 0 Å². The molecule has 98 valence electrons. The molecule has 3 nitrogen and oxygen atoms in total. The number of hydrogen-bond acceptors (Lipinski definition) is 3. The van der Waals surface area contributed by atoms with Crippen molar-refractivity contribution in [2.75, 3.05) is 13.6 Å². The molecule has 0 aromatic carbocycles. The zero-order valence-corrected chi connectivity index (χ0v) is 12.8. The van der Waals surface area contributed by atoms with Crippen LogP contribution in [0, 0.1) is 6.92 Å². The minimum absolute atomic E-state index is 0.245. The number of thiophene rings is 1. The lowest BCUT2D eigenvalue weighted by molar-refractivity contribution is 0.459. The lowest BCUT2D eigenvalue weighted by Gasteiger charge is -2.17. The first kappa shape index (κ1) is 15.0. The van der Waals surface area contributed by atoms with Gasteiger partial charge < -0.3 is 0 Å². The normalized spacial score (nSPS) is 12.3. The first-order valence-corrected chi connectivity index (χ1v) is 8.39. The van der Waals surface area contributed by atoms with Gasteiger partial charge in [0.15, 0.2) is 0 Å². The summed E-state index contributed by atoms with van der Waals surface area (Å²) in [4.78, 5) is 1.13. The molecule has 0 aliphatic heterocycles. The third-order valence-electron chi connectivity index (χ3n) is 2.61. The Hall–Kier alpha value is -0.100. The van der Waals surface area contributed by atoms with Gasteiger partial charge in [0.25, 0.3) is 0 Å². The van der Waals surface area contributed by atoms with Crippen LogP contribution in [0.25, 0.3) is 0 Å². The van der Waals surface area contributed by atoms with Crippen LogP contribution in [0.1, 0.15) is 30.2 Å². The standard InChI is InChI=1S/C11H18ClNO2S2/c1-4-5-6-13(3)17(14,15)11-9(2)8-16-10(11)7-12/h8H,4-7H2,1-3H3. The number of sulfonamides is 1. The molecule has 0 aliphatic carbocycles. The van der Waals surface area contributed by atoms with Crippen molar-refractivity contribution in [2.45, 2.75) is 37.5 Å². The summed E-state index contributed by atoms with van der Waals surface area (Å²) in [5.41, 5.74) is 0.786. The number of unbranched alkanes of at least 4 members (excludes halogenated alkanes) is 1. The molecule has 0 aliphatic rings. The molecule has 1 heterocycles. The van der Waals surface area contributed by atoms with E-state index in [9.17, 15) is 8.42 Å². The Morgan fingerprint density at radius 3 is 2.65 bits per heavy atom. The van der Waals surface area contributed by atoms with Gasteiger partial charge in [-0.3, -0.25) is 0 Å². The first-order chi connectivity index (χ1) is 7.95. The summed E-state index contributed by atoms with van der Waals surface area (Å²) >= 11 is 7.19. The molecule has 0 saturated heterocycles. The number of nitrogens with zero attached hydrogens (tertiary/aromatic N) is 1. The lowest BCUT2D eigenvalue weighted by Crippen LogP contribution is -2.28. The maximum Gasteiger partial charge on any atom is 0.244 e. The van der Waals surface area contributed by atoms with Crippen molar-refractivity contribution >= 4 is 33.0 Å². The van der Waals surface area contributed by atoms with Crippen LogP contribution in [0.3, 0.4) is 0 Å². The Morgan fingerprint density at radius 1 is 1.47 bits per heavy atom. The third kappa shape index (κ3) is 3.22. The van der Waals surface area contributed by atoms with Crippen molar-refractivity contribution in [2.24, 2.45) is 0 Å². The fourth-order valence-electron chi connectivity index (χ4n) is 1.58. The van der Waals surface area contributed by atoms with E-state index < -0.39 is 10.0 Å². The van der Waals surface area contributed by atoms with E-state index in [2.05, 4.69) is 0 Å². The van der Waals surface area contributed by atoms with Gasteiger partial charge in [0, 0.05) is 18.5 Å². The topological polar surface area (TPSA) is 37.4 Å². The lowest BCUT2D eigenvalue weighted by atomic mass is 10.3. The average Bonchev–Trinajstić information content (AvgIpc) is 2.67. The molecule has 0 unspecified atom stereocenters. The summed E-state index contributed by atoms with van der Waals surface area (Å²) in [6.07, 6.45) is 1.85. The molecule has 0 bridgehead atoms. The second kappa shape index (κ2) is 6.18. The van der Waals surface area contributed by atoms with Crippen molar-refractivity contribution in [1.82, 2.24) is 4.31 Å². The van der Waals surface area contributed by atoms with Gasteiger partial charge in [0.1, 0.15) is 4.90 Å². The van der Waals surface area contributed by atoms with E-state index in [1.165, 1.54) is 15.6 Å². The van der Waals surface area contributed by atoms with Gasteiger partial charge in [0.2, 0.25) is 10.0 Å². The fourth-order valence-corrected chi connectivity index (χ4v) is 4.79. The van der Waals surface area contributed by atoms with Gasteiger partial charge in [-0.1, -0.05) is 13.3 Å². The van der Waals surface area contributed by atoms with Gasteiger partial charge in [-0.2, -0.15) is 0 Å². The Balaban J connectivity index is 3.08. The molecule has 0 amide bonds. The molecular weight excluding hydrogens is 278 g/mol. The highest BCUT2D eigenvalue weighted by Gasteiger charge is 2.26. The summed E-state index contributed by atoms with van der Waals surface area (Å²) in [5, 5.41) is 1.85. The first-order valence-electron chi connectivity index (χ1n) is 5.54. The minimum Gasteiger partial charge on any atom is -0.207 e. The van der Waals surface area contributed by atoms with Crippen LogP contribution in [-0.4, -0.2) is 26.3 Å². The number of hydrogen-bond donors (Lipinski definition) is 0. The largest absolute Gasteiger partial charge is 0.244 e. The monoisotopic (exact) mass is 295 g/mol. The van der Waals surface area contributed by atoms with Crippen molar-refractivity contribution in [1.29, 1.82) is 0 Å². The number of rotatable bonds is 6. The Labute approximate surface area is 112 Å². The molecule has 1 aromatic heterocycles. The van der Waals surface area contributed by atoms with Gasteiger partial charge in [-0.25, -0.2) is 12.7 Å². The fraction of sp³-hybridized carbons (Fsp3) is 0.636. The van der Waals surface area contributed by atoms with Crippen molar-refractivity contribution in [3.05, 3.63) is 15.8 Å². The average molecular weight is 296 g/mol. The van der Waals surface area contributed by atoms with Gasteiger partial charge in [-0.15, -0.1) is 22.9 Å². The van der Waals surface area contributed by atoms with Crippen LogP contribution in [-0.2, 0) is 15.9 Å². The van der Waals surface area contributed by atoms with Crippen LogP contribution in [0.2, 0.25) is 0 Å². The SMILES string of the molecule is CCCCN(C)S(=O)(=O)c1c(C)csc1CCl. The van der Waals surface area contributed by atoms with E-state index in [-0.39, 0.29) is 5.88 Å². The Kier molecular flexibility index (Phi) is 5.44. The smallest absolute Gasteiger partial charge is 0.207 e. The predicted octanol–water partition coefficient (Wildman–Crippen LogP) is 3.22. The molecule has 0 atom stereocenters. The highest BCUT2D eigenvalue weighted by molar-refractivity contribution is 7.89. The van der Waals surface area contributed by atoms with Crippen LogP contribution in [0.4, 0.5) is 0 Å². The van der Waals surface area contributed by atoms with Gasteiger partial charge in [-0.05, 0) is 24.3 Å². The van der Waals surface area contributed by atoms with E-state index >= 15 is 0 Å².